The number of anilines is 2. The molecule has 1 aliphatic heterocycles. The first-order chi connectivity index (χ1) is 18.1. The number of ketones is 1. The minimum Gasteiger partial charge on any atom is -0.371 e. The molecule has 4 rings (SSSR count). The number of Topliss-reactive ketones (excluding diaryl/α,β-unsaturated/α-hetero) is 1. The summed E-state index contributed by atoms with van der Waals surface area (Å²) < 4.78 is 39.4. The van der Waals surface area contributed by atoms with Crippen molar-refractivity contribution >= 4 is 27.2 Å². The molecular weight excluding hydrogens is 499 g/mol. The SMILES string of the molecule is Cc1ccc(CCC(=O)C(C)c2ccc(NS(C)(=O)=O)c(F)c2)c(N2CCC(Cc3ccccc3)CC2)c1. The predicted octanol–water partition coefficient (Wildman–Crippen LogP) is 6.27. The first kappa shape index (κ1) is 27.8. The molecule has 1 fully saturated rings. The highest BCUT2D eigenvalue weighted by atomic mass is 32.2. The second-order valence-electron chi connectivity index (χ2n) is 10.6. The van der Waals surface area contributed by atoms with Crippen LogP contribution < -0.4 is 9.62 Å². The highest BCUT2D eigenvalue weighted by Gasteiger charge is 2.23. The Hall–Kier alpha value is -3.19. The molecule has 38 heavy (non-hydrogen) atoms. The molecule has 0 aliphatic carbocycles. The van der Waals surface area contributed by atoms with Gasteiger partial charge in [0.15, 0.2) is 0 Å². The van der Waals surface area contributed by atoms with Gasteiger partial charge in [-0.1, -0.05) is 55.5 Å². The molecule has 1 N–H and O–H groups in total. The number of aryl methyl sites for hydroxylation is 2. The van der Waals surface area contributed by atoms with Crippen LogP contribution >= 0.6 is 0 Å². The summed E-state index contributed by atoms with van der Waals surface area (Å²) in [5.41, 5.74) is 5.40. The van der Waals surface area contributed by atoms with Gasteiger partial charge >= 0.3 is 0 Å². The largest absolute Gasteiger partial charge is 0.371 e. The lowest BCUT2D eigenvalue weighted by Gasteiger charge is -2.35. The lowest BCUT2D eigenvalue weighted by molar-refractivity contribution is -0.120. The van der Waals surface area contributed by atoms with Crippen LogP contribution in [0.5, 0.6) is 0 Å². The lowest BCUT2D eigenvalue weighted by Crippen LogP contribution is -2.35. The number of rotatable bonds is 10. The molecule has 202 valence electrons. The maximum atomic E-state index is 14.5. The van der Waals surface area contributed by atoms with Gasteiger partial charge in [-0.3, -0.25) is 9.52 Å². The molecule has 1 unspecified atom stereocenters. The van der Waals surface area contributed by atoms with E-state index in [1.807, 2.05) is 0 Å². The summed E-state index contributed by atoms with van der Waals surface area (Å²) in [7, 11) is -3.58. The number of sulfonamides is 1. The molecular formula is C31H37FN2O3S. The van der Waals surface area contributed by atoms with E-state index in [1.54, 1.807) is 13.0 Å². The minimum atomic E-state index is -3.58. The van der Waals surface area contributed by atoms with Crippen molar-refractivity contribution in [3.8, 4) is 0 Å². The van der Waals surface area contributed by atoms with Crippen LogP contribution in [0, 0.1) is 18.7 Å². The predicted molar refractivity (Wildman–Crippen MR) is 153 cm³/mol. The Balaban J connectivity index is 1.38. The summed E-state index contributed by atoms with van der Waals surface area (Å²) in [6.07, 6.45) is 5.36. The van der Waals surface area contributed by atoms with Crippen LogP contribution in [0.3, 0.4) is 0 Å². The Bertz CT molecular complexity index is 1370. The quantitative estimate of drug-likeness (QED) is 0.332. The molecule has 0 saturated carbocycles. The topological polar surface area (TPSA) is 66.5 Å². The highest BCUT2D eigenvalue weighted by Crippen LogP contribution is 2.31. The first-order valence-corrected chi connectivity index (χ1v) is 15.2. The summed E-state index contributed by atoms with van der Waals surface area (Å²) in [5.74, 6) is -0.464. The fraction of sp³-hybridized carbons (Fsp3) is 0.387. The molecule has 0 spiro atoms. The van der Waals surface area contributed by atoms with Gasteiger partial charge in [0.2, 0.25) is 10.0 Å². The van der Waals surface area contributed by atoms with Crippen molar-refractivity contribution in [1.29, 1.82) is 0 Å². The molecule has 5 nitrogen and oxygen atoms in total. The van der Waals surface area contributed by atoms with Crippen LogP contribution in [0.25, 0.3) is 0 Å². The highest BCUT2D eigenvalue weighted by molar-refractivity contribution is 7.92. The number of benzene rings is 3. The van der Waals surface area contributed by atoms with Gasteiger partial charge in [-0.05, 0) is 79.0 Å². The van der Waals surface area contributed by atoms with Gasteiger partial charge < -0.3 is 4.90 Å². The van der Waals surface area contributed by atoms with E-state index in [0.29, 0.717) is 24.3 Å². The van der Waals surface area contributed by atoms with Crippen molar-refractivity contribution in [2.75, 3.05) is 29.0 Å². The number of hydrogen-bond acceptors (Lipinski definition) is 4. The molecule has 0 bridgehead atoms. The van der Waals surface area contributed by atoms with E-state index in [2.05, 4.69) is 65.1 Å². The zero-order valence-corrected chi connectivity index (χ0v) is 23.2. The molecule has 0 amide bonds. The van der Waals surface area contributed by atoms with Crippen molar-refractivity contribution in [2.24, 2.45) is 5.92 Å². The van der Waals surface area contributed by atoms with Crippen LogP contribution in [-0.2, 0) is 27.7 Å². The Labute approximate surface area is 226 Å². The Morgan fingerprint density at radius 1 is 1.05 bits per heavy atom. The maximum Gasteiger partial charge on any atom is 0.229 e. The number of nitrogens with one attached hydrogen (secondary N) is 1. The Morgan fingerprint density at radius 3 is 2.42 bits per heavy atom. The van der Waals surface area contributed by atoms with E-state index >= 15 is 0 Å². The van der Waals surface area contributed by atoms with Gasteiger partial charge in [-0.15, -0.1) is 0 Å². The van der Waals surface area contributed by atoms with E-state index in [9.17, 15) is 17.6 Å². The zero-order valence-electron chi connectivity index (χ0n) is 22.4. The number of nitrogens with zero attached hydrogens (tertiary/aromatic N) is 1. The number of hydrogen-bond donors (Lipinski definition) is 1. The van der Waals surface area contributed by atoms with Gasteiger partial charge in [0.05, 0.1) is 11.9 Å². The molecule has 1 aliphatic rings. The van der Waals surface area contributed by atoms with Crippen LogP contribution in [0.15, 0.2) is 66.7 Å². The number of piperidine rings is 1. The van der Waals surface area contributed by atoms with Crippen molar-refractivity contribution in [1.82, 2.24) is 0 Å². The van der Waals surface area contributed by atoms with E-state index in [1.165, 1.54) is 28.9 Å². The average Bonchev–Trinajstić information content (AvgIpc) is 2.89. The van der Waals surface area contributed by atoms with Crippen molar-refractivity contribution in [3.05, 3.63) is 94.8 Å². The maximum absolute atomic E-state index is 14.5. The minimum absolute atomic E-state index is 0.0290. The van der Waals surface area contributed by atoms with Gasteiger partial charge in [-0.2, -0.15) is 0 Å². The van der Waals surface area contributed by atoms with Gasteiger partial charge in [0.1, 0.15) is 11.6 Å². The smallest absolute Gasteiger partial charge is 0.229 e. The molecule has 3 aromatic carbocycles. The van der Waals surface area contributed by atoms with E-state index in [-0.39, 0.29) is 11.5 Å². The van der Waals surface area contributed by atoms with E-state index in [4.69, 9.17) is 0 Å². The molecule has 0 aromatic heterocycles. The van der Waals surface area contributed by atoms with Crippen molar-refractivity contribution in [3.63, 3.8) is 0 Å². The Morgan fingerprint density at radius 2 is 1.76 bits per heavy atom. The van der Waals surface area contributed by atoms with Gasteiger partial charge in [-0.25, -0.2) is 12.8 Å². The molecule has 1 heterocycles. The fourth-order valence-electron chi connectivity index (χ4n) is 5.25. The zero-order chi connectivity index (χ0) is 27.3. The van der Waals surface area contributed by atoms with Crippen LogP contribution in [-0.4, -0.2) is 33.5 Å². The number of carbonyl (C=O) groups is 1. The van der Waals surface area contributed by atoms with Crippen molar-refractivity contribution in [2.45, 2.75) is 51.9 Å². The summed E-state index contributed by atoms with van der Waals surface area (Å²) >= 11 is 0. The monoisotopic (exact) mass is 536 g/mol. The summed E-state index contributed by atoms with van der Waals surface area (Å²) in [6, 6.07) is 21.4. The average molecular weight is 537 g/mol. The standard InChI is InChI=1S/C31H37FN2O3S/c1-22-9-10-26(30(19-22)34-17-15-25(16-18-34)20-24-7-5-4-6-8-24)12-14-31(35)23(2)27-11-13-29(28(32)21-27)33-38(3,36)37/h4-11,13,19,21,23,25,33H,12,14-18,20H2,1-3H3. The molecule has 0 radical (unpaired) electrons. The summed E-state index contributed by atoms with van der Waals surface area (Å²) in [4.78, 5) is 15.5. The van der Waals surface area contributed by atoms with Crippen LogP contribution in [0.4, 0.5) is 15.8 Å². The summed E-state index contributed by atoms with van der Waals surface area (Å²) in [6.45, 7) is 5.88. The third kappa shape index (κ3) is 7.44. The van der Waals surface area contributed by atoms with Crippen molar-refractivity contribution < 1.29 is 17.6 Å². The molecule has 3 aromatic rings. The van der Waals surface area contributed by atoms with Gasteiger partial charge in [0.25, 0.3) is 0 Å². The van der Waals surface area contributed by atoms with Gasteiger partial charge in [0, 0.05) is 31.1 Å². The molecule has 1 saturated heterocycles. The van der Waals surface area contributed by atoms with E-state index in [0.717, 1.165) is 44.2 Å². The normalized spacial score (nSPS) is 15.3. The fourth-order valence-corrected chi connectivity index (χ4v) is 5.81. The first-order valence-electron chi connectivity index (χ1n) is 13.3. The third-order valence-corrected chi connectivity index (χ3v) is 8.07. The third-order valence-electron chi connectivity index (χ3n) is 7.48. The second kappa shape index (κ2) is 12.1. The number of carbonyl (C=O) groups excluding carboxylic acids is 1. The lowest BCUT2D eigenvalue weighted by atomic mass is 9.89. The Kier molecular flexibility index (Phi) is 8.87. The van der Waals surface area contributed by atoms with Crippen LogP contribution in [0.1, 0.15) is 54.4 Å². The van der Waals surface area contributed by atoms with Crippen LogP contribution in [0.2, 0.25) is 0 Å². The number of halogens is 1. The molecule has 1 atom stereocenters. The van der Waals surface area contributed by atoms with E-state index < -0.39 is 21.8 Å². The second-order valence-corrected chi connectivity index (χ2v) is 12.3. The summed E-state index contributed by atoms with van der Waals surface area (Å²) in [5, 5.41) is 0. The molecule has 7 heteroatoms.